The Morgan fingerprint density at radius 2 is 1.88 bits per heavy atom. The second-order valence-corrected chi connectivity index (χ2v) is 7.66. The number of nitrogens with one attached hydrogen (secondary N) is 1. The first-order chi connectivity index (χ1) is 15.1. The predicted octanol–water partition coefficient (Wildman–Crippen LogP) is 3.78. The fourth-order valence-corrected chi connectivity index (χ4v) is 3.71. The van der Waals surface area contributed by atoms with E-state index in [2.05, 4.69) is 15.3 Å². The molecule has 0 aliphatic carbocycles. The molecule has 2 aromatic heterocycles. The molecule has 32 heavy (non-hydrogen) atoms. The number of aromatic nitrogens is 3. The molecular formula is C23H21F2N5O2. The van der Waals surface area contributed by atoms with Crippen molar-refractivity contribution < 1.29 is 18.7 Å². The van der Waals surface area contributed by atoms with Crippen LogP contribution in [0.2, 0.25) is 0 Å². The third-order valence-electron chi connectivity index (χ3n) is 5.11. The largest absolute Gasteiger partial charge is 0.383 e. The SMILES string of the molecule is Cc1cc(F)cc(C(O)C(=O)Nc2ccc(-c3cn(C)c4nc(C)nc(N)c34)c(F)c2)c1. The number of nitrogen functional groups attached to an aromatic ring is 1. The van der Waals surface area contributed by atoms with Crippen LogP contribution >= 0.6 is 0 Å². The summed E-state index contributed by atoms with van der Waals surface area (Å²) >= 11 is 0. The first kappa shape index (κ1) is 21.4. The van der Waals surface area contributed by atoms with Crippen LogP contribution in [0.3, 0.4) is 0 Å². The zero-order chi connectivity index (χ0) is 23.2. The lowest BCUT2D eigenvalue weighted by atomic mass is 10.0. The molecule has 9 heteroatoms. The Balaban J connectivity index is 1.63. The van der Waals surface area contributed by atoms with Gasteiger partial charge in [0.05, 0.1) is 5.39 Å². The lowest BCUT2D eigenvalue weighted by molar-refractivity contribution is -0.124. The van der Waals surface area contributed by atoms with E-state index in [9.17, 15) is 14.3 Å². The number of aryl methyl sites for hydroxylation is 3. The van der Waals surface area contributed by atoms with Gasteiger partial charge in [-0.3, -0.25) is 4.79 Å². The third kappa shape index (κ3) is 3.90. The number of carbonyl (C=O) groups is 1. The van der Waals surface area contributed by atoms with Crippen molar-refractivity contribution in [2.45, 2.75) is 20.0 Å². The number of hydrogen-bond donors (Lipinski definition) is 3. The van der Waals surface area contributed by atoms with Gasteiger partial charge in [-0.2, -0.15) is 0 Å². The van der Waals surface area contributed by atoms with Crippen LogP contribution in [-0.4, -0.2) is 25.5 Å². The van der Waals surface area contributed by atoms with E-state index in [4.69, 9.17) is 5.73 Å². The molecule has 4 aromatic rings. The molecule has 0 aliphatic heterocycles. The Hall–Kier alpha value is -3.85. The highest BCUT2D eigenvalue weighted by molar-refractivity contribution is 6.01. The molecule has 0 radical (unpaired) electrons. The molecule has 2 heterocycles. The minimum absolute atomic E-state index is 0.110. The fraction of sp³-hybridized carbons (Fsp3) is 0.174. The van der Waals surface area contributed by atoms with E-state index in [1.54, 1.807) is 31.7 Å². The van der Waals surface area contributed by atoms with Gasteiger partial charge in [-0.1, -0.05) is 6.07 Å². The van der Waals surface area contributed by atoms with E-state index in [-0.39, 0.29) is 22.6 Å². The zero-order valence-corrected chi connectivity index (χ0v) is 17.6. The Labute approximate surface area is 182 Å². The van der Waals surface area contributed by atoms with Gasteiger partial charge in [-0.05, 0) is 55.3 Å². The number of aliphatic hydroxyl groups excluding tert-OH is 1. The number of benzene rings is 2. The highest BCUT2D eigenvalue weighted by Crippen LogP contribution is 2.35. The standard InChI is InChI=1S/C23H21F2N5O2/c1-11-6-13(8-14(24)7-11)20(31)23(32)29-15-4-5-16(18(25)9-15)17-10-30(3)22-19(17)21(26)27-12(2)28-22/h4-10,20,31H,1-3H3,(H,29,32)(H2,26,27,28). The molecule has 1 amide bonds. The number of halogens is 2. The Bertz CT molecular complexity index is 1350. The number of carbonyl (C=O) groups excluding carboxylic acids is 1. The summed E-state index contributed by atoms with van der Waals surface area (Å²) in [6, 6.07) is 8.01. The fourth-order valence-electron chi connectivity index (χ4n) is 3.71. The number of amides is 1. The summed E-state index contributed by atoms with van der Waals surface area (Å²) in [5.74, 6) is -1.22. The molecule has 1 atom stereocenters. The highest BCUT2D eigenvalue weighted by Gasteiger charge is 2.21. The molecule has 7 nitrogen and oxygen atoms in total. The van der Waals surface area contributed by atoms with Crippen LogP contribution in [0.1, 0.15) is 23.1 Å². The first-order valence-corrected chi connectivity index (χ1v) is 9.79. The maximum Gasteiger partial charge on any atom is 0.257 e. The third-order valence-corrected chi connectivity index (χ3v) is 5.11. The van der Waals surface area contributed by atoms with Gasteiger partial charge in [-0.25, -0.2) is 18.7 Å². The summed E-state index contributed by atoms with van der Waals surface area (Å²) in [7, 11) is 1.78. The number of hydrogen-bond acceptors (Lipinski definition) is 5. The van der Waals surface area contributed by atoms with Crippen molar-refractivity contribution in [3.63, 3.8) is 0 Å². The van der Waals surface area contributed by atoms with Gasteiger partial charge < -0.3 is 20.7 Å². The summed E-state index contributed by atoms with van der Waals surface area (Å²) in [4.78, 5) is 20.9. The van der Waals surface area contributed by atoms with Crippen LogP contribution in [0, 0.1) is 25.5 Å². The summed E-state index contributed by atoms with van der Waals surface area (Å²) in [5.41, 5.74) is 8.24. The number of fused-ring (bicyclic) bond motifs is 1. The van der Waals surface area contributed by atoms with Crippen molar-refractivity contribution in [2.75, 3.05) is 11.1 Å². The van der Waals surface area contributed by atoms with E-state index in [0.717, 1.165) is 12.1 Å². The monoisotopic (exact) mass is 437 g/mol. The predicted molar refractivity (Wildman–Crippen MR) is 118 cm³/mol. The van der Waals surface area contributed by atoms with Crippen LogP contribution in [0.4, 0.5) is 20.3 Å². The average Bonchev–Trinajstić information content (AvgIpc) is 3.03. The van der Waals surface area contributed by atoms with Crippen molar-refractivity contribution >= 4 is 28.4 Å². The molecule has 0 spiro atoms. The van der Waals surface area contributed by atoms with Gasteiger partial charge in [0.25, 0.3) is 5.91 Å². The van der Waals surface area contributed by atoms with Crippen molar-refractivity contribution in [2.24, 2.45) is 7.05 Å². The number of nitrogens with two attached hydrogens (primary N) is 1. The second kappa shape index (κ2) is 8.01. The van der Waals surface area contributed by atoms with E-state index < -0.39 is 23.6 Å². The molecule has 0 fully saturated rings. The maximum atomic E-state index is 15.0. The van der Waals surface area contributed by atoms with Gasteiger partial charge in [-0.15, -0.1) is 0 Å². The first-order valence-electron chi connectivity index (χ1n) is 9.79. The zero-order valence-electron chi connectivity index (χ0n) is 17.6. The lowest BCUT2D eigenvalue weighted by Crippen LogP contribution is -2.21. The van der Waals surface area contributed by atoms with Crippen LogP contribution in [-0.2, 0) is 11.8 Å². The molecule has 0 saturated carbocycles. The summed E-state index contributed by atoms with van der Waals surface area (Å²) < 4.78 is 30.3. The van der Waals surface area contributed by atoms with Crippen LogP contribution in [0.5, 0.6) is 0 Å². The molecule has 0 aliphatic rings. The highest BCUT2D eigenvalue weighted by atomic mass is 19.1. The van der Waals surface area contributed by atoms with Gasteiger partial charge in [0.2, 0.25) is 0 Å². The Morgan fingerprint density at radius 3 is 2.56 bits per heavy atom. The molecule has 0 saturated heterocycles. The van der Waals surface area contributed by atoms with Crippen LogP contribution in [0.15, 0.2) is 42.6 Å². The van der Waals surface area contributed by atoms with E-state index in [1.165, 1.54) is 24.3 Å². The molecule has 4 N–H and O–H groups in total. The normalized spacial score (nSPS) is 12.2. The van der Waals surface area contributed by atoms with Crippen molar-refractivity contribution in [1.82, 2.24) is 14.5 Å². The van der Waals surface area contributed by atoms with E-state index >= 15 is 4.39 Å². The van der Waals surface area contributed by atoms with Gasteiger partial charge >= 0.3 is 0 Å². The van der Waals surface area contributed by atoms with Gasteiger partial charge in [0, 0.05) is 30.1 Å². The average molecular weight is 437 g/mol. The molecule has 164 valence electrons. The van der Waals surface area contributed by atoms with Crippen molar-refractivity contribution in [3.05, 3.63) is 71.2 Å². The minimum Gasteiger partial charge on any atom is -0.383 e. The quantitative estimate of drug-likeness (QED) is 0.451. The second-order valence-electron chi connectivity index (χ2n) is 7.66. The Morgan fingerprint density at radius 1 is 1.12 bits per heavy atom. The Kier molecular flexibility index (Phi) is 5.35. The number of rotatable bonds is 4. The molecule has 0 bridgehead atoms. The molecule has 2 aromatic carbocycles. The van der Waals surface area contributed by atoms with Gasteiger partial charge in [0.1, 0.15) is 28.9 Å². The maximum absolute atomic E-state index is 15.0. The summed E-state index contributed by atoms with van der Waals surface area (Å²) in [6.45, 7) is 3.37. The number of nitrogens with zero attached hydrogens (tertiary/aromatic N) is 3. The topological polar surface area (TPSA) is 106 Å². The summed E-state index contributed by atoms with van der Waals surface area (Å²) in [6.07, 6.45) is 0.104. The molecule has 4 rings (SSSR count). The molecular weight excluding hydrogens is 416 g/mol. The summed E-state index contributed by atoms with van der Waals surface area (Å²) in [5, 5.41) is 13.3. The number of anilines is 2. The van der Waals surface area contributed by atoms with Crippen LogP contribution in [0.25, 0.3) is 22.2 Å². The van der Waals surface area contributed by atoms with Crippen LogP contribution < -0.4 is 11.1 Å². The van der Waals surface area contributed by atoms with E-state index in [1.807, 2.05) is 0 Å². The van der Waals surface area contributed by atoms with Crippen molar-refractivity contribution in [3.8, 4) is 11.1 Å². The minimum atomic E-state index is -1.61. The van der Waals surface area contributed by atoms with Gasteiger partial charge in [0.15, 0.2) is 6.10 Å². The van der Waals surface area contributed by atoms with Crippen molar-refractivity contribution in [1.29, 1.82) is 0 Å². The lowest BCUT2D eigenvalue weighted by Gasteiger charge is -2.13. The van der Waals surface area contributed by atoms with E-state index in [0.29, 0.717) is 28.0 Å². The molecule has 1 unspecified atom stereocenters. The smallest absolute Gasteiger partial charge is 0.257 e. The number of aliphatic hydroxyl groups is 1.